The molecule has 132 valence electrons. The number of carbonyl (C=O) groups excluding carboxylic acids is 1. The lowest BCUT2D eigenvalue weighted by molar-refractivity contribution is 0.0569. The zero-order valence-electron chi connectivity index (χ0n) is 14.8. The van der Waals surface area contributed by atoms with Crippen LogP contribution in [0.15, 0.2) is 59.1 Å². The van der Waals surface area contributed by atoms with E-state index in [1.165, 1.54) is 0 Å². The Morgan fingerprint density at radius 3 is 2.62 bits per heavy atom. The molecule has 0 radical (unpaired) electrons. The van der Waals surface area contributed by atoms with Crippen molar-refractivity contribution >= 4 is 11.6 Å². The fraction of sp³-hybridized carbons (Fsp3) is 0.250. The summed E-state index contributed by atoms with van der Waals surface area (Å²) < 4.78 is 5.40. The fourth-order valence-electron chi connectivity index (χ4n) is 3.01. The number of benzene rings is 2. The second-order valence-corrected chi connectivity index (χ2v) is 6.67. The van der Waals surface area contributed by atoms with Gasteiger partial charge in [-0.2, -0.15) is 4.98 Å². The monoisotopic (exact) mass is 348 g/mol. The predicted octanol–water partition coefficient (Wildman–Crippen LogP) is 3.04. The van der Waals surface area contributed by atoms with Gasteiger partial charge in [0.15, 0.2) is 0 Å². The van der Waals surface area contributed by atoms with Crippen LogP contribution in [-0.2, 0) is 0 Å². The van der Waals surface area contributed by atoms with E-state index in [9.17, 15) is 4.79 Å². The molecule has 2 aromatic carbocycles. The van der Waals surface area contributed by atoms with Gasteiger partial charge in [-0.3, -0.25) is 4.79 Å². The molecule has 4 rings (SSSR count). The van der Waals surface area contributed by atoms with Gasteiger partial charge in [0.05, 0.1) is 5.92 Å². The molecule has 6 heteroatoms. The Balaban J connectivity index is 1.42. The Morgan fingerprint density at radius 1 is 1.12 bits per heavy atom. The van der Waals surface area contributed by atoms with E-state index >= 15 is 0 Å². The lowest BCUT2D eigenvalue weighted by Gasteiger charge is -2.37. The minimum absolute atomic E-state index is 0.0350. The van der Waals surface area contributed by atoms with Crippen molar-refractivity contribution in [1.29, 1.82) is 0 Å². The van der Waals surface area contributed by atoms with Crippen LogP contribution in [0.1, 0.15) is 22.2 Å². The molecule has 1 aromatic heterocycles. The summed E-state index contributed by atoms with van der Waals surface area (Å²) in [7, 11) is 3.92. The van der Waals surface area contributed by atoms with E-state index in [2.05, 4.69) is 10.1 Å². The largest absolute Gasteiger partial charge is 0.378 e. The van der Waals surface area contributed by atoms with Gasteiger partial charge in [0.25, 0.3) is 5.91 Å². The van der Waals surface area contributed by atoms with Crippen molar-refractivity contribution < 1.29 is 9.32 Å². The molecule has 26 heavy (non-hydrogen) atoms. The Kier molecular flexibility index (Phi) is 4.16. The molecule has 1 fully saturated rings. The summed E-state index contributed by atoms with van der Waals surface area (Å²) in [6, 6.07) is 17.4. The summed E-state index contributed by atoms with van der Waals surface area (Å²) in [4.78, 5) is 20.9. The van der Waals surface area contributed by atoms with E-state index in [0.29, 0.717) is 30.4 Å². The number of hydrogen-bond acceptors (Lipinski definition) is 5. The quantitative estimate of drug-likeness (QED) is 0.725. The number of likely N-dealkylation sites (tertiary alicyclic amines) is 1. The van der Waals surface area contributed by atoms with Crippen LogP contribution in [0, 0.1) is 0 Å². The van der Waals surface area contributed by atoms with Crippen LogP contribution in [0.5, 0.6) is 0 Å². The number of amides is 1. The molecule has 6 nitrogen and oxygen atoms in total. The lowest BCUT2D eigenvalue weighted by Crippen LogP contribution is -2.48. The average molecular weight is 348 g/mol. The van der Waals surface area contributed by atoms with Gasteiger partial charge in [0.2, 0.25) is 11.7 Å². The SMILES string of the molecule is CN(C)c1cccc(C(=O)N2CC(c3nc(-c4ccccc4)no3)C2)c1. The highest BCUT2D eigenvalue weighted by Gasteiger charge is 2.36. The summed E-state index contributed by atoms with van der Waals surface area (Å²) in [6.45, 7) is 1.20. The smallest absolute Gasteiger partial charge is 0.253 e. The number of anilines is 1. The summed E-state index contributed by atoms with van der Waals surface area (Å²) in [5.41, 5.74) is 2.64. The molecular weight excluding hydrogens is 328 g/mol. The van der Waals surface area contributed by atoms with Gasteiger partial charge in [-0.05, 0) is 18.2 Å². The minimum Gasteiger partial charge on any atom is -0.378 e. The normalized spacial score (nSPS) is 14.2. The second-order valence-electron chi connectivity index (χ2n) is 6.67. The van der Waals surface area contributed by atoms with Crippen molar-refractivity contribution in [2.24, 2.45) is 0 Å². The molecule has 1 aliphatic heterocycles. The zero-order valence-corrected chi connectivity index (χ0v) is 14.8. The molecule has 0 bridgehead atoms. The number of aromatic nitrogens is 2. The van der Waals surface area contributed by atoms with Gasteiger partial charge in [-0.1, -0.05) is 41.6 Å². The van der Waals surface area contributed by atoms with Gasteiger partial charge < -0.3 is 14.3 Å². The molecule has 2 heterocycles. The third-order valence-corrected chi connectivity index (χ3v) is 4.60. The molecule has 1 aliphatic rings. The highest BCUT2D eigenvalue weighted by atomic mass is 16.5. The Morgan fingerprint density at radius 2 is 1.88 bits per heavy atom. The van der Waals surface area contributed by atoms with E-state index in [4.69, 9.17) is 4.52 Å². The summed E-state index contributed by atoms with van der Waals surface area (Å²) in [5.74, 6) is 1.31. The first-order chi connectivity index (χ1) is 12.6. The van der Waals surface area contributed by atoms with Crippen LogP contribution in [0.25, 0.3) is 11.4 Å². The zero-order chi connectivity index (χ0) is 18.1. The van der Waals surface area contributed by atoms with Crippen LogP contribution >= 0.6 is 0 Å². The van der Waals surface area contributed by atoms with Crippen LogP contribution in [0.3, 0.4) is 0 Å². The number of hydrogen-bond donors (Lipinski definition) is 0. The summed E-state index contributed by atoms with van der Waals surface area (Å²) in [5, 5.41) is 4.05. The Hall–Kier alpha value is -3.15. The van der Waals surface area contributed by atoms with Gasteiger partial charge in [-0.25, -0.2) is 0 Å². The topological polar surface area (TPSA) is 62.5 Å². The molecular formula is C20H20N4O2. The maximum absolute atomic E-state index is 12.6. The molecule has 0 atom stereocenters. The van der Waals surface area contributed by atoms with E-state index < -0.39 is 0 Å². The maximum Gasteiger partial charge on any atom is 0.253 e. The minimum atomic E-state index is 0.0350. The van der Waals surface area contributed by atoms with Crippen molar-refractivity contribution in [3.8, 4) is 11.4 Å². The predicted molar refractivity (Wildman–Crippen MR) is 99.1 cm³/mol. The van der Waals surface area contributed by atoms with Crippen molar-refractivity contribution in [1.82, 2.24) is 15.0 Å². The van der Waals surface area contributed by atoms with Crippen molar-refractivity contribution in [2.45, 2.75) is 5.92 Å². The van der Waals surface area contributed by atoms with Crippen LogP contribution in [-0.4, -0.2) is 48.1 Å². The molecule has 1 amide bonds. The molecule has 0 aliphatic carbocycles. The van der Waals surface area contributed by atoms with Crippen LogP contribution < -0.4 is 4.90 Å². The molecule has 0 spiro atoms. The van der Waals surface area contributed by atoms with Gasteiger partial charge in [-0.15, -0.1) is 0 Å². The van der Waals surface area contributed by atoms with Gasteiger partial charge in [0, 0.05) is 44.0 Å². The Labute approximate surface area is 152 Å². The summed E-state index contributed by atoms with van der Waals surface area (Å²) >= 11 is 0. The lowest BCUT2D eigenvalue weighted by atomic mass is 9.98. The second kappa shape index (κ2) is 6.63. The first-order valence-corrected chi connectivity index (χ1v) is 8.57. The maximum atomic E-state index is 12.6. The fourth-order valence-corrected chi connectivity index (χ4v) is 3.01. The van der Waals surface area contributed by atoms with Crippen molar-refractivity contribution in [3.05, 3.63) is 66.1 Å². The molecule has 0 unspecified atom stereocenters. The van der Waals surface area contributed by atoms with E-state index in [0.717, 1.165) is 11.3 Å². The molecule has 3 aromatic rings. The van der Waals surface area contributed by atoms with Crippen LogP contribution in [0.2, 0.25) is 0 Å². The Bertz CT molecular complexity index is 914. The van der Waals surface area contributed by atoms with E-state index in [1.54, 1.807) is 0 Å². The van der Waals surface area contributed by atoms with Gasteiger partial charge in [0.1, 0.15) is 0 Å². The van der Waals surface area contributed by atoms with Crippen LogP contribution in [0.4, 0.5) is 5.69 Å². The molecule has 0 N–H and O–H groups in total. The average Bonchev–Trinajstić information content (AvgIpc) is 3.11. The van der Waals surface area contributed by atoms with Gasteiger partial charge >= 0.3 is 0 Å². The standard InChI is InChI=1S/C20H20N4O2/c1-23(2)17-10-6-9-15(11-17)20(25)24-12-16(13-24)19-21-18(22-26-19)14-7-4-3-5-8-14/h3-11,16H,12-13H2,1-2H3. The highest BCUT2D eigenvalue weighted by molar-refractivity contribution is 5.95. The number of nitrogens with zero attached hydrogens (tertiary/aromatic N) is 4. The van der Waals surface area contributed by atoms with E-state index in [1.807, 2.05) is 78.5 Å². The number of rotatable bonds is 4. The van der Waals surface area contributed by atoms with Crippen molar-refractivity contribution in [3.63, 3.8) is 0 Å². The summed E-state index contributed by atoms with van der Waals surface area (Å²) in [6.07, 6.45) is 0. The first-order valence-electron chi connectivity index (χ1n) is 8.57. The molecule has 0 saturated carbocycles. The first kappa shape index (κ1) is 16.3. The van der Waals surface area contributed by atoms with Crippen molar-refractivity contribution in [2.75, 3.05) is 32.1 Å². The third-order valence-electron chi connectivity index (χ3n) is 4.60. The highest BCUT2D eigenvalue weighted by Crippen LogP contribution is 2.29. The van der Waals surface area contributed by atoms with E-state index in [-0.39, 0.29) is 11.8 Å². The number of carbonyl (C=O) groups is 1. The molecule has 1 saturated heterocycles. The third kappa shape index (κ3) is 3.06.